The molecule has 1 aliphatic carbocycles. The second-order valence-electron chi connectivity index (χ2n) is 3.96. The van der Waals surface area contributed by atoms with E-state index in [0.29, 0.717) is 21.8 Å². The van der Waals surface area contributed by atoms with E-state index < -0.39 is 11.4 Å². The first kappa shape index (κ1) is 9.66. The number of nitrogens with one attached hydrogen (secondary N) is 1. The molecule has 82 valence electrons. The van der Waals surface area contributed by atoms with E-state index in [1.165, 1.54) is 0 Å². The molecule has 0 unspecified atom stereocenters. The third-order valence-electron chi connectivity index (χ3n) is 2.80. The first-order chi connectivity index (χ1) is 7.66. The molecule has 4 nitrogen and oxygen atoms in total. The monoisotopic (exact) mass is 237 g/mol. The van der Waals surface area contributed by atoms with E-state index in [-0.39, 0.29) is 0 Å². The number of H-pyrrole nitrogens is 1. The number of fused-ring (bicyclic) bond motifs is 1. The van der Waals surface area contributed by atoms with Crippen molar-refractivity contribution >= 4 is 22.5 Å². The van der Waals surface area contributed by atoms with Crippen LogP contribution < -0.4 is 11.4 Å². The lowest BCUT2D eigenvalue weighted by molar-refractivity contribution is 0.459. The van der Waals surface area contributed by atoms with Crippen LogP contribution in [0.4, 0.5) is 0 Å². The Labute approximate surface area is 94.9 Å². The molecule has 16 heavy (non-hydrogen) atoms. The van der Waals surface area contributed by atoms with Crippen molar-refractivity contribution in [1.29, 1.82) is 0 Å². The van der Waals surface area contributed by atoms with Gasteiger partial charge in [-0.2, -0.15) is 0 Å². The standard InChI is InChI=1S/C11H8ClNO3/c12-6-3-4-7-9(8(6)5-1-2-5)10(14)16-11(15)13-7/h3-5H,1-2H2,(H,13,15). The summed E-state index contributed by atoms with van der Waals surface area (Å²) in [5.41, 5.74) is 0.694. The molecule has 1 aromatic heterocycles. The predicted molar refractivity (Wildman–Crippen MR) is 60.1 cm³/mol. The lowest BCUT2D eigenvalue weighted by Crippen LogP contribution is -2.15. The molecule has 1 saturated carbocycles. The highest BCUT2D eigenvalue weighted by molar-refractivity contribution is 6.32. The topological polar surface area (TPSA) is 63.1 Å². The number of hydrogen-bond acceptors (Lipinski definition) is 3. The molecule has 5 heteroatoms. The van der Waals surface area contributed by atoms with Gasteiger partial charge in [-0.25, -0.2) is 9.59 Å². The minimum Gasteiger partial charge on any atom is -0.372 e. The molecule has 0 bridgehead atoms. The molecule has 3 rings (SSSR count). The van der Waals surface area contributed by atoms with Crippen LogP contribution in [0.5, 0.6) is 0 Å². The van der Waals surface area contributed by atoms with E-state index in [2.05, 4.69) is 9.40 Å². The number of benzene rings is 1. The van der Waals surface area contributed by atoms with E-state index >= 15 is 0 Å². The van der Waals surface area contributed by atoms with E-state index in [9.17, 15) is 9.59 Å². The lowest BCUT2D eigenvalue weighted by atomic mass is 10.1. The maximum Gasteiger partial charge on any atom is 0.419 e. The van der Waals surface area contributed by atoms with Gasteiger partial charge in [0.1, 0.15) is 0 Å². The lowest BCUT2D eigenvalue weighted by Gasteiger charge is -2.05. The molecule has 2 aromatic rings. The molecule has 1 N–H and O–H groups in total. The third kappa shape index (κ3) is 1.38. The van der Waals surface area contributed by atoms with E-state index in [0.717, 1.165) is 18.4 Å². The summed E-state index contributed by atoms with van der Waals surface area (Å²) in [6.45, 7) is 0. The molecule has 1 heterocycles. The van der Waals surface area contributed by atoms with Gasteiger partial charge in [-0.3, -0.25) is 4.98 Å². The van der Waals surface area contributed by atoms with Crippen molar-refractivity contribution in [3.63, 3.8) is 0 Å². The molecule has 0 saturated heterocycles. The second-order valence-corrected chi connectivity index (χ2v) is 4.37. The quantitative estimate of drug-likeness (QED) is 0.825. The summed E-state index contributed by atoms with van der Waals surface area (Å²) in [6, 6.07) is 3.33. The Bertz CT molecular complexity index is 682. The summed E-state index contributed by atoms with van der Waals surface area (Å²) >= 11 is 6.08. The van der Waals surface area contributed by atoms with Crippen LogP contribution in [-0.2, 0) is 0 Å². The molecular weight excluding hydrogens is 230 g/mol. The highest BCUT2D eigenvalue weighted by atomic mass is 35.5. The van der Waals surface area contributed by atoms with Crippen LogP contribution >= 0.6 is 11.6 Å². The average Bonchev–Trinajstić information content (AvgIpc) is 3.02. The number of hydrogen-bond donors (Lipinski definition) is 1. The van der Waals surface area contributed by atoms with Gasteiger partial charge in [0.15, 0.2) is 0 Å². The van der Waals surface area contributed by atoms with E-state index in [1.54, 1.807) is 12.1 Å². The summed E-state index contributed by atoms with van der Waals surface area (Å²) in [4.78, 5) is 25.2. The predicted octanol–water partition coefficient (Wildman–Crippen LogP) is 2.01. The summed E-state index contributed by atoms with van der Waals surface area (Å²) in [5.74, 6) is -0.411. The normalized spacial score (nSPS) is 15.6. The number of aromatic amines is 1. The Morgan fingerprint density at radius 1 is 1.31 bits per heavy atom. The Kier molecular flexibility index (Phi) is 1.94. The molecule has 0 spiro atoms. The Morgan fingerprint density at radius 3 is 2.75 bits per heavy atom. The van der Waals surface area contributed by atoms with Crippen LogP contribution in [0, 0.1) is 0 Å². The van der Waals surface area contributed by atoms with Crippen molar-refractivity contribution in [3.05, 3.63) is 43.7 Å². The molecule has 1 fully saturated rings. The molecule has 1 aromatic carbocycles. The van der Waals surface area contributed by atoms with Crippen LogP contribution in [0.1, 0.15) is 24.3 Å². The van der Waals surface area contributed by atoms with Gasteiger partial charge < -0.3 is 4.42 Å². The highest BCUT2D eigenvalue weighted by Gasteiger charge is 2.29. The van der Waals surface area contributed by atoms with Crippen molar-refractivity contribution < 1.29 is 4.42 Å². The molecule has 1 aliphatic rings. The number of rotatable bonds is 1. The molecule has 0 amide bonds. The Hall–Kier alpha value is -1.55. The van der Waals surface area contributed by atoms with Crippen LogP contribution in [0.2, 0.25) is 5.02 Å². The van der Waals surface area contributed by atoms with Crippen LogP contribution in [-0.4, -0.2) is 4.98 Å². The van der Waals surface area contributed by atoms with Gasteiger partial charge in [-0.15, -0.1) is 0 Å². The van der Waals surface area contributed by atoms with Crippen molar-refractivity contribution in [1.82, 2.24) is 4.98 Å². The minimum atomic E-state index is -0.735. The van der Waals surface area contributed by atoms with Gasteiger partial charge >= 0.3 is 11.4 Å². The summed E-state index contributed by atoms with van der Waals surface area (Å²) in [6.07, 6.45) is 2.05. The van der Waals surface area contributed by atoms with E-state index in [4.69, 9.17) is 11.6 Å². The summed E-state index contributed by atoms with van der Waals surface area (Å²) < 4.78 is 4.54. The highest BCUT2D eigenvalue weighted by Crippen LogP contribution is 2.45. The zero-order valence-electron chi connectivity index (χ0n) is 8.25. The SMILES string of the molecule is O=c1[nH]c2ccc(Cl)c(C3CC3)c2c(=O)o1. The minimum absolute atomic E-state index is 0.324. The van der Waals surface area contributed by atoms with Crippen molar-refractivity contribution in [2.45, 2.75) is 18.8 Å². The van der Waals surface area contributed by atoms with Crippen molar-refractivity contribution in [2.24, 2.45) is 0 Å². The fourth-order valence-electron chi connectivity index (χ4n) is 1.96. The second kappa shape index (κ2) is 3.22. The van der Waals surface area contributed by atoms with Gasteiger partial charge in [-0.05, 0) is 36.5 Å². The van der Waals surface area contributed by atoms with Crippen molar-refractivity contribution in [3.8, 4) is 0 Å². The molecular formula is C11H8ClNO3. The van der Waals surface area contributed by atoms with Gasteiger partial charge in [0.2, 0.25) is 0 Å². The van der Waals surface area contributed by atoms with Crippen LogP contribution in [0.25, 0.3) is 10.9 Å². The van der Waals surface area contributed by atoms with Crippen LogP contribution in [0.15, 0.2) is 26.1 Å². The summed E-state index contributed by atoms with van der Waals surface area (Å²) in [7, 11) is 0. The Morgan fingerprint density at radius 2 is 2.06 bits per heavy atom. The fraction of sp³-hybridized carbons (Fsp3) is 0.273. The summed E-state index contributed by atoms with van der Waals surface area (Å²) in [5, 5.41) is 0.976. The van der Waals surface area contributed by atoms with Crippen molar-refractivity contribution in [2.75, 3.05) is 0 Å². The molecule has 0 aliphatic heterocycles. The first-order valence-corrected chi connectivity index (χ1v) is 5.40. The largest absolute Gasteiger partial charge is 0.419 e. The van der Waals surface area contributed by atoms with Gasteiger partial charge in [0.25, 0.3) is 0 Å². The van der Waals surface area contributed by atoms with Gasteiger partial charge in [-0.1, -0.05) is 11.6 Å². The fourth-order valence-corrected chi connectivity index (χ4v) is 2.27. The maximum absolute atomic E-state index is 11.7. The Balaban J connectivity index is 2.51. The van der Waals surface area contributed by atoms with Crippen LogP contribution in [0.3, 0.4) is 0 Å². The first-order valence-electron chi connectivity index (χ1n) is 5.02. The zero-order chi connectivity index (χ0) is 11.3. The van der Waals surface area contributed by atoms with Gasteiger partial charge in [0, 0.05) is 5.02 Å². The zero-order valence-corrected chi connectivity index (χ0v) is 9.00. The third-order valence-corrected chi connectivity index (χ3v) is 3.13. The number of halogens is 1. The molecule has 0 atom stereocenters. The molecule has 0 radical (unpaired) electrons. The maximum atomic E-state index is 11.7. The average molecular weight is 238 g/mol. The smallest absolute Gasteiger partial charge is 0.372 e. The number of aromatic nitrogens is 1. The van der Waals surface area contributed by atoms with Gasteiger partial charge in [0.05, 0.1) is 10.9 Å². The van der Waals surface area contributed by atoms with E-state index in [1.807, 2.05) is 0 Å².